The summed E-state index contributed by atoms with van der Waals surface area (Å²) in [7, 11) is -7.95. The first-order chi connectivity index (χ1) is 10.6. The van der Waals surface area contributed by atoms with Crippen LogP contribution in [-0.2, 0) is 24.7 Å². The highest BCUT2D eigenvalue weighted by molar-refractivity contribution is 7.93. The number of carbonyl (C=O) groups is 2. The molecule has 1 atom stereocenters. The van der Waals surface area contributed by atoms with Gasteiger partial charge in [0.15, 0.2) is 15.1 Å². The quantitative estimate of drug-likeness (QED) is 0.672. The first-order valence-electron chi connectivity index (χ1n) is 6.40. The van der Waals surface area contributed by atoms with Crippen LogP contribution in [0.3, 0.4) is 0 Å². The molecule has 3 N–H and O–H groups in total. The van der Waals surface area contributed by atoms with Gasteiger partial charge in [-0.15, -0.1) is 0 Å². The number of carbonyl (C=O) groups excluding carboxylic acids is 1. The van der Waals surface area contributed by atoms with E-state index in [0.717, 1.165) is 16.4 Å². The minimum absolute atomic E-state index is 0.119. The maximum atomic E-state index is 12.5. The number of aliphatic carboxylic acids is 1. The summed E-state index contributed by atoms with van der Waals surface area (Å²) in [5.41, 5.74) is 5.19. The molecule has 11 heteroatoms. The third-order valence-corrected chi connectivity index (χ3v) is 7.33. The van der Waals surface area contributed by atoms with Crippen molar-refractivity contribution in [3.8, 4) is 0 Å². The number of sulfone groups is 1. The van der Waals surface area contributed by atoms with Crippen LogP contribution in [0.25, 0.3) is 0 Å². The Morgan fingerprint density at radius 3 is 2.26 bits per heavy atom. The zero-order valence-electron chi connectivity index (χ0n) is 11.7. The minimum atomic E-state index is -4.07. The molecular formula is C12H14N2O7S2. The molecule has 1 heterocycles. The van der Waals surface area contributed by atoms with Crippen LogP contribution in [0, 0.1) is 0 Å². The molecule has 2 rings (SSSR count). The smallest absolute Gasteiger partial charge is 0.323 e. The summed E-state index contributed by atoms with van der Waals surface area (Å²) in [6.07, 6.45) is 0. The molecule has 9 nitrogen and oxygen atoms in total. The number of sulfonamides is 1. The summed E-state index contributed by atoms with van der Waals surface area (Å²) in [6.45, 7) is -0.983. The Kier molecular flexibility index (Phi) is 4.46. The molecule has 1 aromatic carbocycles. The molecule has 0 bridgehead atoms. The molecule has 23 heavy (non-hydrogen) atoms. The van der Waals surface area contributed by atoms with E-state index in [0.29, 0.717) is 0 Å². The van der Waals surface area contributed by atoms with Crippen molar-refractivity contribution >= 4 is 31.7 Å². The predicted octanol–water partition coefficient (Wildman–Crippen LogP) is -1.34. The molecule has 1 fully saturated rings. The van der Waals surface area contributed by atoms with Gasteiger partial charge in [-0.25, -0.2) is 16.8 Å². The van der Waals surface area contributed by atoms with Gasteiger partial charge in [0.25, 0.3) is 0 Å². The summed E-state index contributed by atoms with van der Waals surface area (Å²) in [5, 5.41) is 7.18. The van der Waals surface area contributed by atoms with E-state index in [4.69, 9.17) is 10.8 Å². The van der Waals surface area contributed by atoms with E-state index in [2.05, 4.69) is 0 Å². The van der Waals surface area contributed by atoms with Gasteiger partial charge in [-0.2, -0.15) is 4.31 Å². The maximum absolute atomic E-state index is 12.5. The lowest BCUT2D eigenvalue weighted by Gasteiger charge is -2.29. The molecule has 0 aromatic heterocycles. The topological polar surface area (TPSA) is 152 Å². The predicted molar refractivity (Wildman–Crippen MR) is 78.9 cm³/mol. The average molecular weight is 362 g/mol. The number of nitrogens with zero attached hydrogens (tertiary/aromatic N) is 1. The van der Waals surface area contributed by atoms with Crippen molar-refractivity contribution in [3.05, 3.63) is 29.8 Å². The zero-order valence-corrected chi connectivity index (χ0v) is 13.4. The highest BCUT2D eigenvalue weighted by Gasteiger charge is 2.42. The van der Waals surface area contributed by atoms with Crippen LogP contribution < -0.4 is 5.73 Å². The van der Waals surface area contributed by atoms with Gasteiger partial charge < -0.3 is 10.8 Å². The third kappa shape index (κ3) is 3.35. The van der Waals surface area contributed by atoms with Gasteiger partial charge in [0.05, 0.1) is 10.6 Å². The fourth-order valence-electron chi connectivity index (χ4n) is 2.15. The summed E-state index contributed by atoms with van der Waals surface area (Å²) in [4.78, 5) is 21.9. The van der Waals surface area contributed by atoms with Gasteiger partial charge in [-0.1, -0.05) is 0 Å². The van der Waals surface area contributed by atoms with Crippen LogP contribution in [0.5, 0.6) is 0 Å². The van der Waals surface area contributed by atoms with E-state index in [1.165, 1.54) is 12.1 Å². The van der Waals surface area contributed by atoms with E-state index in [1.54, 1.807) is 0 Å². The van der Waals surface area contributed by atoms with Crippen LogP contribution in [0.4, 0.5) is 0 Å². The van der Waals surface area contributed by atoms with Crippen molar-refractivity contribution in [2.45, 2.75) is 10.1 Å². The van der Waals surface area contributed by atoms with E-state index in [1.807, 2.05) is 0 Å². The molecule has 1 amide bonds. The summed E-state index contributed by atoms with van der Waals surface area (Å²) < 4.78 is 49.1. The summed E-state index contributed by atoms with van der Waals surface area (Å²) in [6, 6.07) is 4.78. The van der Waals surface area contributed by atoms with Gasteiger partial charge in [0.2, 0.25) is 15.9 Å². The van der Waals surface area contributed by atoms with E-state index >= 15 is 0 Å². The summed E-state index contributed by atoms with van der Waals surface area (Å²) in [5.74, 6) is -2.87. The third-order valence-electron chi connectivity index (χ3n) is 3.48. The number of hydrogen-bond donors (Lipinski definition) is 2. The second kappa shape index (κ2) is 5.91. The highest BCUT2D eigenvalue weighted by Crippen LogP contribution is 2.22. The maximum Gasteiger partial charge on any atom is 0.323 e. The van der Waals surface area contributed by atoms with Crippen molar-refractivity contribution in [1.82, 2.24) is 4.31 Å². The standard InChI is InChI=1S/C12H14N2O7S2/c13-11(15)8-1-3-9(4-2-8)23(20,21)14-5-6-22(18,19)10(7-14)12(16)17/h1-4,10H,5-7H2,(H2,13,15)(H,16,17). The Morgan fingerprint density at radius 2 is 1.78 bits per heavy atom. The Labute approximate surface area is 132 Å². The van der Waals surface area contributed by atoms with Crippen LogP contribution in [0.2, 0.25) is 0 Å². The van der Waals surface area contributed by atoms with Gasteiger partial charge >= 0.3 is 5.97 Å². The molecule has 1 saturated heterocycles. The number of rotatable bonds is 4. The Hall–Kier alpha value is -1.98. The molecule has 1 unspecified atom stereocenters. The molecule has 1 aliphatic rings. The number of benzene rings is 1. The zero-order chi connectivity index (χ0) is 17.4. The minimum Gasteiger partial charge on any atom is -0.480 e. The molecule has 126 valence electrons. The largest absolute Gasteiger partial charge is 0.480 e. The number of carboxylic acid groups (broad SMARTS) is 1. The second-order valence-corrected chi connectivity index (χ2v) is 9.19. The van der Waals surface area contributed by atoms with Gasteiger partial charge in [0, 0.05) is 18.7 Å². The first-order valence-corrected chi connectivity index (χ1v) is 9.55. The fourth-order valence-corrected chi connectivity index (χ4v) is 5.29. The monoisotopic (exact) mass is 362 g/mol. The van der Waals surface area contributed by atoms with Crippen molar-refractivity contribution in [2.75, 3.05) is 18.8 Å². The molecule has 0 saturated carbocycles. The lowest BCUT2D eigenvalue weighted by atomic mass is 10.2. The van der Waals surface area contributed by atoms with Gasteiger partial charge in [-0.05, 0) is 24.3 Å². The number of amides is 1. The SMILES string of the molecule is NC(=O)c1ccc(S(=O)(=O)N2CCS(=O)(=O)C(C(=O)O)C2)cc1. The van der Waals surface area contributed by atoms with Gasteiger partial charge in [-0.3, -0.25) is 9.59 Å². The molecule has 1 aromatic rings. The van der Waals surface area contributed by atoms with Gasteiger partial charge in [0.1, 0.15) is 0 Å². The van der Waals surface area contributed by atoms with Crippen LogP contribution in [-0.4, -0.2) is 62.2 Å². The normalized spacial score (nSPS) is 21.7. The van der Waals surface area contributed by atoms with Crippen molar-refractivity contribution in [3.63, 3.8) is 0 Å². The van der Waals surface area contributed by atoms with E-state index < -0.39 is 49.3 Å². The molecule has 0 spiro atoms. The number of hydrogen-bond acceptors (Lipinski definition) is 6. The van der Waals surface area contributed by atoms with Crippen LogP contribution in [0.1, 0.15) is 10.4 Å². The highest BCUT2D eigenvalue weighted by atomic mass is 32.2. The van der Waals surface area contributed by atoms with Crippen LogP contribution in [0.15, 0.2) is 29.2 Å². The molecule has 1 aliphatic heterocycles. The Bertz CT molecular complexity index is 844. The van der Waals surface area contributed by atoms with Crippen molar-refractivity contribution < 1.29 is 31.5 Å². The average Bonchev–Trinajstić information content (AvgIpc) is 2.46. The Morgan fingerprint density at radius 1 is 1.22 bits per heavy atom. The fraction of sp³-hybridized carbons (Fsp3) is 0.333. The van der Waals surface area contributed by atoms with Crippen molar-refractivity contribution in [2.24, 2.45) is 5.73 Å². The summed E-state index contributed by atoms with van der Waals surface area (Å²) >= 11 is 0. The lowest BCUT2D eigenvalue weighted by molar-refractivity contribution is -0.136. The van der Waals surface area contributed by atoms with E-state index in [-0.39, 0.29) is 17.0 Å². The van der Waals surface area contributed by atoms with E-state index in [9.17, 15) is 26.4 Å². The lowest BCUT2D eigenvalue weighted by Crippen LogP contribution is -2.52. The first kappa shape index (κ1) is 17.4. The molecule has 0 aliphatic carbocycles. The van der Waals surface area contributed by atoms with Crippen LogP contribution >= 0.6 is 0 Å². The second-order valence-electron chi connectivity index (χ2n) is 4.95. The number of primary amides is 1. The number of nitrogens with two attached hydrogens (primary N) is 1. The molecular weight excluding hydrogens is 348 g/mol. The number of carboxylic acids is 1. The molecule has 0 radical (unpaired) electrons. The van der Waals surface area contributed by atoms with Crippen molar-refractivity contribution in [1.29, 1.82) is 0 Å². The Balaban J connectivity index is 2.33.